The lowest BCUT2D eigenvalue weighted by molar-refractivity contribution is -0.116. The maximum atomic E-state index is 12.5. The molecule has 2 heterocycles. The summed E-state index contributed by atoms with van der Waals surface area (Å²) in [5.74, 6) is -0.569. The van der Waals surface area contributed by atoms with Gasteiger partial charge in [-0.15, -0.1) is 0 Å². The molecule has 0 saturated carbocycles. The van der Waals surface area contributed by atoms with E-state index in [9.17, 15) is 18.0 Å². The van der Waals surface area contributed by atoms with Gasteiger partial charge in [0, 0.05) is 18.9 Å². The number of hydrogen-bond donors (Lipinski definition) is 1. The summed E-state index contributed by atoms with van der Waals surface area (Å²) >= 11 is 0. The van der Waals surface area contributed by atoms with Gasteiger partial charge < -0.3 is 9.73 Å². The van der Waals surface area contributed by atoms with E-state index in [1.165, 1.54) is 24.3 Å². The zero-order valence-corrected chi connectivity index (χ0v) is 15.1. The number of rotatable bonds is 3. The Morgan fingerprint density at radius 1 is 1.19 bits per heavy atom. The number of sulfonamides is 1. The third-order valence-electron chi connectivity index (χ3n) is 4.21. The van der Waals surface area contributed by atoms with Crippen LogP contribution in [0, 0.1) is 6.92 Å². The minimum absolute atomic E-state index is 0.0365. The van der Waals surface area contributed by atoms with Gasteiger partial charge in [-0.05, 0) is 36.4 Å². The number of amides is 2. The minimum atomic E-state index is -3.63. The van der Waals surface area contributed by atoms with Crippen molar-refractivity contribution in [1.29, 1.82) is 0 Å². The zero-order chi connectivity index (χ0) is 19.2. The molecule has 8 nitrogen and oxygen atoms in total. The molecular weight excluding hydrogens is 370 g/mol. The summed E-state index contributed by atoms with van der Waals surface area (Å²) in [7, 11) is -3.63. The molecule has 0 atom stereocenters. The Kier molecular flexibility index (Phi) is 3.96. The molecule has 0 bridgehead atoms. The van der Waals surface area contributed by atoms with Crippen molar-refractivity contribution in [3.05, 3.63) is 53.9 Å². The Bertz CT molecular complexity index is 1170. The van der Waals surface area contributed by atoms with Crippen LogP contribution in [0.25, 0.3) is 11.1 Å². The normalized spacial score (nSPS) is 16.0. The smallest absolute Gasteiger partial charge is 0.255 e. The van der Waals surface area contributed by atoms with Crippen LogP contribution in [0.2, 0.25) is 0 Å². The van der Waals surface area contributed by atoms with E-state index >= 15 is 0 Å². The molecule has 1 saturated heterocycles. The molecule has 1 aliphatic heterocycles. The van der Waals surface area contributed by atoms with E-state index in [1.54, 1.807) is 25.1 Å². The van der Waals surface area contributed by atoms with Crippen LogP contribution in [0.1, 0.15) is 22.7 Å². The number of fused-ring (bicyclic) bond motifs is 1. The van der Waals surface area contributed by atoms with Gasteiger partial charge in [-0.25, -0.2) is 17.7 Å². The van der Waals surface area contributed by atoms with Crippen molar-refractivity contribution in [1.82, 2.24) is 4.98 Å². The van der Waals surface area contributed by atoms with Crippen molar-refractivity contribution >= 4 is 44.3 Å². The molecule has 2 aromatic carbocycles. The highest BCUT2D eigenvalue weighted by Gasteiger charge is 2.36. The van der Waals surface area contributed by atoms with E-state index < -0.39 is 21.8 Å². The topological polar surface area (TPSA) is 110 Å². The number of aryl methyl sites for hydroxylation is 1. The summed E-state index contributed by atoms with van der Waals surface area (Å²) in [6.45, 7) is 1.72. The highest BCUT2D eigenvalue weighted by atomic mass is 32.2. The number of carbonyl (C=O) groups is 2. The Morgan fingerprint density at radius 2 is 1.93 bits per heavy atom. The molecule has 2 amide bonds. The summed E-state index contributed by atoms with van der Waals surface area (Å²) in [4.78, 5) is 28.6. The first-order valence-corrected chi connectivity index (χ1v) is 9.79. The van der Waals surface area contributed by atoms with E-state index in [0.717, 1.165) is 4.31 Å². The number of anilines is 2. The summed E-state index contributed by atoms with van der Waals surface area (Å²) < 4.78 is 30.2. The molecule has 1 N–H and O–H groups in total. The van der Waals surface area contributed by atoms with E-state index in [0.29, 0.717) is 28.2 Å². The fourth-order valence-electron chi connectivity index (χ4n) is 2.97. The first-order valence-electron chi connectivity index (χ1n) is 8.18. The summed E-state index contributed by atoms with van der Waals surface area (Å²) in [5, 5.41) is 2.76. The van der Waals surface area contributed by atoms with Crippen LogP contribution in [0.5, 0.6) is 0 Å². The molecular formula is C18H15N3O5S. The SMILES string of the molecule is Cc1nc2cccc(NC(=O)c3ccc(N4C(=O)CCS4(=O)=O)cc3)c2o1. The van der Waals surface area contributed by atoms with Crippen molar-refractivity contribution < 1.29 is 22.4 Å². The van der Waals surface area contributed by atoms with Gasteiger partial charge in [-0.2, -0.15) is 0 Å². The quantitative estimate of drug-likeness (QED) is 0.742. The maximum absolute atomic E-state index is 12.5. The van der Waals surface area contributed by atoms with Crippen LogP contribution >= 0.6 is 0 Å². The lowest BCUT2D eigenvalue weighted by atomic mass is 10.2. The summed E-state index contributed by atoms with van der Waals surface area (Å²) in [6.07, 6.45) is -0.0365. The minimum Gasteiger partial charge on any atom is -0.439 e. The number of aromatic nitrogens is 1. The highest BCUT2D eigenvalue weighted by Crippen LogP contribution is 2.27. The summed E-state index contributed by atoms with van der Waals surface area (Å²) in [5.41, 5.74) is 2.14. The van der Waals surface area contributed by atoms with Gasteiger partial charge in [-0.3, -0.25) is 9.59 Å². The zero-order valence-electron chi connectivity index (χ0n) is 14.3. The first kappa shape index (κ1) is 17.2. The number of hydrogen-bond acceptors (Lipinski definition) is 6. The van der Waals surface area contributed by atoms with E-state index in [-0.39, 0.29) is 17.9 Å². The highest BCUT2D eigenvalue weighted by molar-refractivity contribution is 7.94. The van der Waals surface area contributed by atoms with Gasteiger partial charge in [0.2, 0.25) is 15.9 Å². The Morgan fingerprint density at radius 3 is 2.59 bits per heavy atom. The molecule has 27 heavy (non-hydrogen) atoms. The second-order valence-corrected chi connectivity index (χ2v) is 8.05. The van der Waals surface area contributed by atoms with Crippen molar-refractivity contribution in [3.63, 3.8) is 0 Å². The lowest BCUT2D eigenvalue weighted by Gasteiger charge is -2.15. The van der Waals surface area contributed by atoms with Gasteiger partial charge in [0.05, 0.1) is 17.1 Å². The first-order chi connectivity index (χ1) is 12.8. The monoisotopic (exact) mass is 385 g/mol. The summed E-state index contributed by atoms with van der Waals surface area (Å²) in [6, 6.07) is 11.1. The molecule has 0 unspecified atom stereocenters. The largest absolute Gasteiger partial charge is 0.439 e. The molecule has 0 radical (unpaired) electrons. The van der Waals surface area contributed by atoms with Gasteiger partial charge in [0.15, 0.2) is 11.5 Å². The number of nitrogens with one attached hydrogen (secondary N) is 1. The number of para-hydroxylation sites is 1. The van der Waals surface area contributed by atoms with Crippen LogP contribution < -0.4 is 9.62 Å². The van der Waals surface area contributed by atoms with E-state index in [1.807, 2.05) is 0 Å². The van der Waals surface area contributed by atoms with Crippen LogP contribution in [0.4, 0.5) is 11.4 Å². The fourth-order valence-corrected chi connectivity index (χ4v) is 4.43. The molecule has 0 spiro atoms. The van der Waals surface area contributed by atoms with Crippen molar-refractivity contribution in [2.24, 2.45) is 0 Å². The molecule has 1 aliphatic rings. The number of carbonyl (C=O) groups excluding carboxylic acids is 2. The van der Waals surface area contributed by atoms with Crippen LogP contribution in [0.3, 0.4) is 0 Å². The van der Waals surface area contributed by atoms with Crippen molar-refractivity contribution in [2.45, 2.75) is 13.3 Å². The van der Waals surface area contributed by atoms with E-state index in [4.69, 9.17) is 4.42 Å². The molecule has 9 heteroatoms. The molecule has 1 fully saturated rings. The predicted molar refractivity (Wildman–Crippen MR) is 99.0 cm³/mol. The van der Waals surface area contributed by atoms with Crippen LogP contribution in [-0.2, 0) is 14.8 Å². The Hall–Kier alpha value is -3.20. The second kappa shape index (κ2) is 6.20. The number of nitrogens with zero attached hydrogens (tertiary/aromatic N) is 2. The molecule has 1 aromatic heterocycles. The molecule has 3 aromatic rings. The maximum Gasteiger partial charge on any atom is 0.255 e. The number of benzene rings is 2. The third kappa shape index (κ3) is 3.06. The lowest BCUT2D eigenvalue weighted by Crippen LogP contribution is -2.29. The van der Waals surface area contributed by atoms with Crippen LogP contribution in [-0.4, -0.2) is 31.0 Å². The molecule has 138 valence electrons. The van der Waals surface area contributed by atoms with Gasteiger partial charge in [0.1, 0.15) is 5.52 Å². The Balaban J connectivity index is 1.59. The fraction of sp³-hybridized carbons (Fsp3) is 0.167. The van der Waals surface area contributed by atoms with Gasteiger partial charge >= 0.3 is 0 Å². The van der Waals surface area contributed by atoms with E-state index in [2.05, 4.69) is 10.3 Å². The predicted octanol–water partition coefficient (Wildman–Crippen LogP) is 2.46. The van der Waals surface area contributed by atoms with Crippen molar-refractivity contribution in [2.75, 3.05) is 15.4 Å². The van der Waals surface area contributed by atoms with Crippen molar-refractivity contribution in [3.8, 4) is 0 Å². The average Bonchev–Trinajstić information content (AvgIpc) is 3.14. The van der Waals surface area contributed by atoms with Gasteiger partial charge in [-0.1, -0.05) is 6.07 Å². The standard InChI is InChI=1S/C18H15N3O5S/c1-11-19-14-3-2-4-15(17(14)26-11)20-18(23)12-5-7-13(8-6-12)21-16(22)9-10-27(21,24)25/h2-8H,9-10H2,1H3,(H,20,23). The third-order valence-corrected chi connectivity index (χ3v) is 5.90. The molecule has 0 aliphatic carbocycles. The van der Waals surface area contributed by atoms with Crippen LogP contribution in [0.15, 0.2) is 46.9 Å². The average molecular weight is 385 g/mol. The molecule has 4 rings (SSSR count). The van der Waals surface area contributed by atoms with Gasteiger partial charge in [0.25, 0.3) is 5.91 Å². The number of oxazole rings is 1. The Labute approximate surface area is 154 Å². The second-order valence-electron chi connectivity index (χ2n) is 6.11.